The van der Waals surface area contributed by atoms with Gasteiger partial charge in [0.1, 0.15) is 0 Å². The monoisotopic (exact) mass is 168 g/mol. The molecule has 0 aromatic carbocycles. The Balaban J connectivity index is 2.81. The molecule has 11 heavy (non-hydrogen) atoms. The Morgan fingerprint density at radius 2 is 2.00 bits per heavy atom. The highest BCUT2D eigenvalue weighted by atomic mass is 19.4. The summed E-state index contributed by atoms with van der Waals surface area (Å²) in [6.07, 6.45) is -3.74. The second-order valence-electron chi connectivity index (χ2n) is 3.14. The molecule has 2 atom stereocenters. The lowest BCUT2D eigenvalue weighted by molar-refractivity contribution is -0.266. The van der Waals surface area contributed by atoms with E-state index in [9.17, 15) is 13.2 Å². The SMILES string of the molecule is CC1CCO[C@]1(C)C(F)(F)F. The van der Waals surface area contributed by atoms with Crippen molar-refractivity contribution < 1.29 is 17.9 Å². The van der Waals surface area contributed by atoms with E-state index in [1.807, 2.05) is 0 Å². The van der Waals surface area contributed by atoms with Gasteiger partial charge in [-0.15, -0.1) is 0 Å². The van der Waals surface area contributed by atoms with Gasteiger partial charge in [0.2, 0.25) is 0 Å². The number of rotatable bonds is 0. The summed E-state index contributed by atoms with van der Waals surface area (Å²) in [5, 5.41) is 0. The molecule has 1 fully saturated rings. The van der Waals surface area contributed by atoms with Crippen LogP contribution in [0, 0.1) is 5.92 Å². The second kappa shape index (κ2) is 2.37. The van der Waals surface area contributed by atoms with Gasteiger partial charge in [-0.3, -0.25) is 0 Å². The fourth-order valence-corrected chi connectivity index (χ4v) is 1.23. The van der Waals surface area contributed by atoms with Crippen molar-refractivity contribution in [2.75, 3.05) is 6.61 Å². The number of ether oxygens (including phenoxy) is 1. The van der Waals surface area contributed by atoms with Gasteiger partial charge >= 0.3 is 6.18 Å². The van der Waals surface area contributed by atoms with Crippen molar-refractivity contribution in [1.82, 2.24) is 0 Å². The Morgan fingerprint density at radius 3 is 2.18 bits per heavy atom. The van der Waals surface area contributed by atoms with Crippen molar-refractivity contribution in [3.05, 3.63) is 0 Å². The zero-order valence-electron chi connectivity index (χ0n) is 6.53. The van der Waals surface area contributed by atoms with E-state index < -0.39 is 17.7 Å². The average Bonchev–Trinajstić information content (AvgIpc) is 2.12. The van der Waals surface area contributed by atoms with Crippen LogP contribution in [-0.2, 0) is 4.74 Å². The first-order valence-corrected chi connectivity index (χ1v) is 3.58. The van der Waals surface area contributed by atoms with Crippen LogP contribution in [0.3, 0.4) is 0 Å². The van der Waals surface area contributed by atoms with Gasteiger partial charge in [0.15, 0.2) is 5.60 Å². The Morgan fingerprint density at radius 1 is 1.45 bits per heavy atom. The van der Waals surface area contributed by atoms with Gasteiger partial charge < -0.3 is 4.74 Å². The third-order valence-corrected chi connectivity index (χ3v) is 2.46. The molecule has 0 spiro atoms. The Bertz CT molecular complexity index is 154. The highest BCUT2D eigenvalue weighted by molar-refractivity contribution is 4.92. The maximum Gasteiger partial charge on any atom is 0.417 e. The third-order valence-electron chi connectivity index (χ3n) is 2.46. The summed E-state index contributed by atoms with van der Waals surface area (Å²) in [6, 6.07) is 0. The van der Waals surface area contributed by atoms with Crippen LogP contribution in [0.15, 0.2) is 0 Å². The van der Waals surface area contributed by atoms with Crippen LogP contribution in [-0.4, -0.2) is 18.4 Å². The van der Waals surface area contributed by atoms with Crippen LogP contribution in [0.5, 0.6) is 0 Å². The van der Waals surface area contributed by atoms with E-state index in [2.05, 4.69) is 0 Å². The van der Waals surface area contributed by atoms with Gasteiger partial charge in [0, 0.05) is 6.61 Å². The van der Waals surface area contributed by atoms with Gasteiger partial charge in [0.25, 0.3) is 0 Å². The van der Waals surface area contributed by atoms with Crippen molar-refractivity contribution in [1.29, 1.82) is 0 Å². The Labute approximate surface area is 63.5 Å². The van der Waals surface area contributed by atoms with Gasteiger partial charge in [-0.2, -0.15) is 13.2 Å². The highest BCUT2D eigenvalue weighted by Crippen LogP contribution is 2.44. The number of hydrogen-bond acceptors (Lipinski definition) is 1. The number of hydrogen-bond donors (Lipinski definition) is 0. The molecule has 0 aromatic rings. The fraction of sp³-hybridized carbons (Fsp3) is 1.00. The zero-order chi connectivity index (χ0) is 8.70. The molecule has 0 aromatic heterocycles. The molecule has 0 radical (unpaired) electrons. The van der Waals surface area contributed by atoms with E-state index in [1.165, 1.54) is 0 Å². The van der Waals surface area contributed by atoms with Crippen LogP contribution in [0.4, 0.5) is 13.2 Å². The van der Waals surface area contributed by atoms with Crippen LogP contribution in [0.25, 0.3) is 0 Å². The molecule has 0 aliphatic carbocycles. The lowest BCUT2D eigenvalue weighted by Crippen LogP contribution is -2.45. The molecule has 0 N–H and O–H groups in total. The summed E-state index contributed by atoms with van der Waals surface area (Å²) in [5.74, 6) is -0.428. The van der Waals surface area contributed by atoms with Crippen molar-refractivity contribution in [2.45, 2.75) is 32.0 Å². The molecule has 1 rings (SSSR count). The van der Waals surface area contributed by atoms with Crippen molar-refractivity contribution in [3.8, 4) is 0 Å². The maximum absolute atomic E-state index is 12.3. The molecular formula is C7H11F3O. The molecule has 66 valence electrons. The predicted molar refractivity (Wildman–Crippen MR) is 34.2 cm³/mol. The summed E-state index contributed by atoms with van der Waals surface area (Å²) < 4.78 is 41.5. The average molecular weight is 168 g/mol. The molecule has 1 aliphatic rings. The van der Waals surface area contributed by atoms with Gasteiger partial charge in [0.05, 0.1) is 0 Å². The van der Waals surface area contributed by atoms with Gasteiger partial charge in [-0.05, 0) is 19.3 Å². The van der Waals surface area contributed by atoms with Crippen LogP contribution in [0.2, 0.25) is 0 Å². The Hall–Kier alpha value is -0.250. The first-order chi connectivity index (χ1) is 4.88. The highest BCUT2D eigenvalue weighted by Gasteiger charge is 2.57. The molecule has 1 nitrogen and oxygen atoms in total. The maximum atomic E-state index is 12.3. The minimum Gasteiger partial charge on any atom is -0.366 e. The second-order valence-corrected chi connectivity index (χ2v) is 3.14. The summed E-state index contributed by atoms with van der Waals surface area (Å²) in [6.45, 7) is 2.91. The van der Waals surface area contributed by atoms with Crippen LogP contribution >= 0.6 is 0 Å². The minimum absolute atomic E-state index is 0.219. The number of alkyl halides is 3. The molecule has 1 heterocycles. The standard InChI is InChI=1S/C7H11F3O/c1-5-3-4-11-6(5,2)7(8,9)10/h5H,3-4H2,1-2H3/t5?,6-/m0/s1. The molecule has 0 amide bonds. The fourth-order valence-electron chi connectivity index (χ4n) is 1.23. The van der Waals surface area contributed by atoms with Crippen LogP contribution in [0.1, 0.15) is 20.3 Å². The topological polar surface area (TPSA) is 9.23 Å². The summed E-state index contributed by atoms with van der Waals surface area (Å²) in [4.78, 5) is 0. The van der Waals surface area contributed by atoms with E-state index in [-0.39, 0.29) is 6.61 Å². The quantitative estimate of drug-likeness (QED) is 0.539. The first kappa shape index (κ1) is 8.84. The lowest BCUT2D eigenvalue weighted by atomic mass is 9.90. The van der Waals surface area contributed by atoms with E-state index in [0.29, 0.717) is 6.42 Å². The van der Waals surface area contributed by atoms with E-state index in [4.69, 9.17) is 4.74 Å². The molecule has 4 heteroatoms. The summed E-state index contributed by atoms with van der Waals surface area (Å²) in [7, 11) is 0. The van der Waals surface area contributed by atoms with E-state index >= 15 is 0 Å². The lowest BCUT2D eigenvalue weighted by Gasteiger charge is -2.30. The van der Waals surface area contributed by atoms with Crippen molar-refractivity contribution in [3.63, 3.8) is 0 Å². The molecule has 1 saturated heterocycles. The molecule has 1 aliphatic heterocycles. The van der Waals surface area contributed by atoms with Crippen LogP contribution < -0.4 is 0 Å². The van der Waals surface area contributed by atoms with Crippen molar-refractivity contribution in [2.24, 2.45) is 5.92 Å². The normalized spacial score (nSPS) is 39.5. The van der Waals surface area contributed by atoms with E-state index in [1.54, 1.807) is 6.92 Å². The third kappa shape index (κ3) is 1.24. The first-order valence-electron chi connectivity index (χ1n) is 3.58. The molecule has 0 bridgehead atoms. The number of halogens is 3. The van der Waals surface area contributed by atoms with E-state index in [0.717, 1.165) is 6.92 Å². The largest absolute Gasteiger partial charge is 0.417 e. The van der Waals surface area contributed by atoms with Gasteiger partial charge in [-0.25, -0.2) is 0 Å². The Kier molecular flexibility index (Phi) is 1.90. The smallest absolute Gasteiger partial charge is 0.366 e. The molecular weight excluding hydrogens is 157 g/mol. The molecule has 1 unspecified atom stereocenters. The molecule has 0 saturated carbocycles. The minimum atomic E-state index is -4.23. The summed E-state index contributed by atoms with van der Waals surface area (Å²) in [5.41, 5.74) is -1.91. The van der Waals surface area contributed by atoms with Gasteiger partial charge in [-0.1, -0.05) is 6.92 Å². The zero-order valence-corrected chi connectivity index (χ0v) is 6.53. The summed E-state index contributed by atoms with van der Waals surface area (Å²) >= 11 is 0. The predicted octanol–water partition coefficient (Wildman–Crippen LogP) is 2.36. The van der Waals surface area contributed by atoms with Crippen molar-refractivity contribution >= 4 is 0 Å².